The van der Waals surface area contributed by atoms with Crippen molar-refractivity contribution in [3.63, 3.8) is 0 Å². The monoisotopic (exact) mass is 184 g/mol. The summed E-state index contributed by atoms with van der Waals surface area (Å²) in [5.74, 6) is -0.270. The molecule has 1 aromatic rings. The van der Waals surface area contributed by atoms with E-state index in [1.165, 1.54) is 13.2 Å². The molecule has 0 saturated carbocycles. The van der Waals surface area contributed by atoms with Crippen molar-refractivity contribution in [1.82, 2.24) is 0 Å². The number of ether oxygens (including phenoxy) is 1. The average Bonchev–Trinajstić information content (AvgIpc) is 2.46. The average molecular weight is 184 g/mol. The van der Waals surface area contributed by atoms with E-state index in [9.17, 15) is 9.90 Å². The molecule has 0 aromatic carbocycles. The lowest BCUT2D eigenvalue weighted by Crippen LogP contribution is -1.99. The van der Waals surface area contributed by atoms with Gasteiger partial charge in [0.25, 0.3) is 5.76 Å². The summed E-state index contributed by atoms with van der Waals surface area (Å²) in [6, 6.07) is 1.43. The second kappa shape index (κ2) is 3.51. The third kappa shape index (κ3) is 1.83. The van der Waals surface area contributed by atoms with Crippen LogP contribution in [0.1, 0.15) is 36.1 Å². The van der Waals surface area contributed by atoms with Crippen LogP contribution in [0.25, 0.3) is 0 Å². The summed E-state index contributed by atoms with van der Waals surface area (Å²) in [7, 11) is 1.24. The number of carbonyl (C=O) groups is 1. The van der Waals surface area contributed by atoms with Crippen molar-refractivity contribution < 1.29 is 19.1 Å². The van der Waals surface area contributed by atoms with Crippen molar-refractivity contribution in [2.75, 3.05) is 7.11 Å². The Hall–Kier alpha value is -1.45. The Morgan fingerprint density at radius 2 is 2.23 bits per heavy atom. The highest BCUT2D eigenvalue weighted by Gasteiger charge is 2.19. The fraction of sp³-hybridized carbons (Fsp3) is 0.444. The summed E-state index contributed by atoms with van der Waals surface area (Å²) in [5.41, 5.74) is 0. The summed E-state index contributed by atoms with van der Waals surface area (Å²) in [6.45, 7) is 3.80. The number of rotatable bonds is 2. The molecule has 13 heavy (non-hydrogen) atoms. The number of aromatic hydroxyl groups is 1. The molecule has 0 atom stereocenters. The molecule has 0 radical (unpaired) electrons. The van der Waals surface area contributed by atoms with Gasteiger partial charge in [0.15, 0.2) is 5.75 Å². The minimum atomic E-state index is -0.663. The highest BCUT2D eigenvalue weighted by atomic mass is 16.5. The lowest BCUT2D eigenvalue weighted by atomic mass is 10.2. The van der Waals surface area contributed by atoms with Crippen molar-refractivity contribution in [3.8, 4) is 5.75 Å². The Bertz CT molecular complexity index is 311. The molecule has 0 saturated heterocycles. The van der Waals surface area contributed by atoms with Gasteiger partial charge in [0, 0.05) is 12.0 Å². The van der Waals surface area contributed by atoms with Crippen LogP contribution in [-0.4, -0.2) is 18.2 Å². The van der Waals surface area contributed by atoms with E-state index in [0.29, 0.717) is 5.76 Å². The predicted octanol–water partition coefficient (Wildman–Crippen LogP) is 1.90. The van der Waals surface area contributed by atoms with Gasteiger partial charge in [-0.3, -0.25) is 0 Å². The van der Waals surface area contributed by atoms with Gasteiger partial charge in [0.05, 0.1) is 7.11 Å². The number of hydrogen-bond donors (Lipinski definition) is 1. The summed E-state index contributed by atoms with van der Waals surface area (Å²) < 4.78 is 9.52. The van der Waals surface area contributed by atoms with Gasteiger partial charge in [-0.2, -0.15) is 0 Å². The summed E-state index contributed by atoms with van der Waals surface area (Å²) in [5, 5.41) is 9.29. The largest absolute Gasteiger partial charge is 0.504 e. The Balaban J connectivity index is 3.03. The molecule has 0 fully saturated rings. The summed E-state index contributed by atoms with van der Waals surface area (Å²) in [4.78, 5) is 11.0. The van der Waals surface area contributed by atoms with Gasteiger partial charge < -0.3 is 14.3 Å². The second-order valence-corrected chi connectivity index (χ2v) is 3.01. The molecule has 4 heteroatoms. The normalized spacial score (nSPS) is 10.5. The Morgan fingerprint density at radius 1 is 1.62 bits per heavy atom. The van der Waals surface area contributed by atoms with Crippen LogP contribution in [0.5, 0.6) is 5.75 Å². The molecular weight excluding hydrogens is 172 g/mol. The first-order valence-corrected chi connectivity index (χ1v) is 3.97. The van der Waals surface area contributed by atoms with E-state index in [-0.39, 0.29) is 17.4 Å². The maximum atomic E-state index is 11.0. The van der Waals surface area contributed by atoms with Crippen LogP contribution in [0.4, 0.5) is 0 Å². The number of carbonyl (C=O) groups excluding carboxylic acids is 1. The highest BCUT2D eigenvalue weighted by Crippen LogP contribution is 2.27. The molecule has 1 rings (SSSR count). The molecule has 0 aliphatic carbocycles. The fourth-order valence-electron chi connectivity index (χ4n) is 0.923. The minimum absolute atomic E-state index is 0.129. The molecule has 4 nitrogen and oxygen atoms in total. The molecular formula is C9H12O4. The van der Waals surface area contributed by atoms with Crippen LogP contribution in [0.3, 0.4) is 0 Å². The predicted molar refractivity (Wildman–Crippen MR) is 45.8 cm³/mol. The van der Waals surface area contributed by atoms with E-state index in [1.54, 1.807) is 0 Å². The Morgan fingerprint density at radius 3 is 2.62 bits per heavy atom. The number of esters is 1. The van der Waals surface area contributed by atoms with E-state index >= 15 is 0 Å². The quantitative estimate of drug-likeness (QED) is 0.713. The third-order valence-corrected chi connectivity index (χ3v) is 1.67. The minimum Gasteiger partial charge on any atom is -0.504 e. The second-order valence-electron chi connectivity index (χ2n) is 3.01. The van der Waals surface area contributed by atoms with Gasteiger partial charge in [0.1, 0.15) is 5.76 Å². The number of furan rings is 1. The molecule has 0 spiro atoms. The molecule has 0 unspecified atom stereocenters. The van der Waals surface area contributed by atoms with Crippen LogP contribution in [0.2, 0.25) is 0 Å². The zero-order valence-corrected chi connectivity index (χ0v) is 7.83. The molecule has 1 aromatic heterocycles. The maximum absolute atomic E-state index is 11.0. The van der Waals surface area contributed by atoms with Crippen molar-refractivity contribution in [3.05, 3.63) is 17.6 Å². The van der Waals surface area contributed by atoms with Gasteiger partial charge >= 0.3 is 5.97 Å². The molecule has 1 heterocycles. The van der Waals surface area contributed by atoms with Gasteiger partial charge in [-0.1, -0.05) is 13.8 Å². The van der Waals surface area contributed by atoms with Gasteiger partial charge in [-0.05, 0) is 0 Å². The topological polar surface area (TPSA) is 59.7 Å². The lowest BCUT2D eigenvalue weighted by Gasteiger charge is -1.97. The van der Waals surface area contributed by atoms with Gasteiger partial charge in [0.2, 0.25) is 0 Å². The van der Waals surface area contributed by atoms with E-state index in [0.717, 1.165) is 0 Å². The van der Waals surface area contributed by atoms with Crippen molar-refractivity contribution in [1.29, 1.82) is 0 Å². The molecule has 1 N–H and O–H groups in total. The lowest BCUT2D eigenvalue weighted by molar-refractivity contribution is 0.0558. The molecule has 0 aliphatic rings. The fourth-order valence-corrected chi connectivity index (χ4v) is 0.923. The summed E-state index contributed by atoms with van der Waals surface area (Å²) >= 11 is 0. The molecule has 72 valence electrons. The van der Waals surface area contributed by atoms with Crippen LogP contribution in [-0.2, 0) is 4.74 Å². The Labute approximate surface area is 76.1 Å². The maximum Gasteiger partial charge on any atom is 0.377 e. The molecule has 0 bridgehead atoms. The Kier molecular flexibility index (Phi) is 2.60. The zero-order valence-electron chi connectivity index (χ0n) is 7.83. The van der Waals surface area contributed by atoms with Gasteiger partial charge in [-0.15, -0.1) is 0 Å². The smallest absolute Gasteiger partial charge is 0.377 e. The van der Waals surface area contributed by atoms with Crippen LogP contribution < -0.4 is 0 Å². The van der Waals surface area contributed by atoms with E-state index in [2.05, 4.69) is 4.74 Å². The summed E-state index contributed by atoms with van der Waals surface area (Å²) in [6.07, 6.45) is 0. The number of methoxy groups -OCH3 is 1. The van der Waals surface area contributed by atoms with Crippen molar-refractivity contribution in [2.45, 2.75) is 19.8 Å². The van der Waals surface area contributed by atoms with Crippen molar-refractivity contribution in [2.24, 2.45) is 0 Å². The van der Waals surface area contributed by atoms with Crippen molar-refractivity contribution >= 4 is 5.97 Å². The highest BCUT2D eigenvalue weighted by molar-refractivity contribution is 5.89. The van der Waals surface area contributed by atoms with E-state index in [1.807, 2.05) is 13.8 Å². The SMILES string of the molecule is COC(=O)c1oc(C(C)C)cc1O. The zero-order chi connectivity index (χ0) is 10.0. The first-order valence-electron chi connectivity index (χ1n) is 3.97. The standard InChI is InChI=1S/C9H12O4/c1-5(2)7-4-6(10)8(13-7)9(11)12-3/h4-5,10H,1-3H3. The van der Waals surface area contributed by atoms with E-state index < -0.39 is 5.97 Å². The van der Waals surface area contributed by atoms with E-state index in [4.69, 9.17) is 4.42 Å². The third-order valence-electron chi connectivity index (χ3n) is 1.67. The molecule has 0 amide bonds. The van der Waals surface area contributed by atoms with Crippen LogP contribution >= 0.6 is 0 Å². The first-order chi connectivity index (χ1) is 6.06. The molecule has 0 aliphatic heterocycles. The van der Waals surface area contributed by atoms with Gasteiger partial charge in [-0.25, -0.2) is 4.79 Å². The first kappa shape index (κ1) is 9.64. The van der Waals surface area contributed by atoms with Crippen LogP contribution in [0, 0.1) is 0 Å². The van der Waals surface area contributed by atoms with Crippen LogP contribution in [0.15, 0.2) is 10.5 Å². The number of hydrogen-bond acceptors (Lipinski definition) is 4.